The monoisotopic (exact) mass is 361 g/mol. The van der Waals surface area contributed by atoms with Gasteiger partial charge in [-0.3, -0.25) is 0 Å². The molecule has 0 unspecified atom stereocenters. The fourth-order valence-corrected chi connectivity index (χ4v) is 3.19. The SMILES string of the molecule is COCc1nn2c(-c3ccc(OC)cc3O)ccnc2c1-c1ccccc1. The van der Waals surface area contributed by atoms with Gasteiger partial charge in [-0.1, -0.05) is 30.3 Å². The Kier molecular flexibility index (Phi) is 4.48. The molecule has 0 bridgehead atoms. The minimum Gasteiger partial charge on any atom is -0.507 e. The Labute approximate surface area is 156 Å². The van der Waals surface area contributed by atoms with Gasteiger partial charge in [0.1, 0.15) is 11.5 Å². The van der Waals surface area contributed by atoms with Crippen LogP contribution in [0.3, 0.4) is 0 Å². The molecule has 27 heavy (non-hydrogen) atoms. The van der Waals surface area contributed by atoms with Crippen molar-refractivity contribution in [3.63, 3.8) is 0 Å². The lowest BCUT2D eigenvalue weighted by Crippen LogP contribution is -1.97. The molecule has 0 radical (unpaired) electrons. The van der Waals surface area contributed by atoms with Gasteiger partial charge in [0.15, 0.2) is 5.65 Å². The van der Waals surface area contributed by atoms with Gasteiger partial charge in [0.2, 0.25) is 0 Å². The number of aromatic nitrogens is 3. The molecule has 2 aromatic heterocycles. The topological polar surface area (TPSA) is 68.9 Å². The van der Waals surface area contributed by atoms with Gasteiger partial charge in [-0.05, 0) is 23.8 Å². The van der Waals surface area contributed by atoms with Crippen molar-refractivity contribution in [3.05, 3.63) is 66.5 Å². The molecule has 0 aliphatic rings. The number of benzene rings is 2. The minimum absolute atomic E-state index is 0.118. The van der Waals surface area contributed by atoms with Crippen molar-refractivity contribution in [2.45, 2.75) is 6.61 Å². The molecular formula is C21H19N3O3. The summed E-state index contributed by atoms with van der Waals surface area (Å²) in [6, 6.07) is 17.0. The molecule has 6 heteroatoms. The third-order valence-corrected chi connectivity index (χ3v) is 4.42. The van der Waals surface area contributed by atoms with Gasteiger partial charge in [0.05, 0.1) is 30.7 Å². The van der Waals surface area contributed by atoms with Crippen LogP contribution in [0.15, 0.2) is 60.8 Å². The lowest BCUT2D eigenvalue weighted by molar-refractivity contribution is 0.181. The molecule has 4 aromatic rings. The second kappa shape index (κ2) is 7.09. The number of phenols is 1. The first-order chi connectivity index (χ1) is 13.2. The van der Waals surface area contributed by atoms with E-state index in [2.05, 4.69) is 4.98 Å². The Morgan fingerprint density at radius 3 is 2.56 bits per heavy atom. The van der Waals surface area contributed by atoms with Gasteiger partial charge in [-0.15, -0.1) is 0 Å². The second-order valence-corrected chi connectivity index (χ2v) is 6.07. The highest BCUT2D eigenvalue weighted by Crippen LogP contribution is 2.35. The summed E-state index contributed by atoms with van der Waals surface area (Å²) in [6.45, 7) is 0.363. The number of phenolic OH excluding ortho intramolecular Hbond substituents is 1. The largest absolute Gasteiger partial charge is 0.507 e. The first kappa shape index (κ1) is 17.1. The van der Waals surface area contributed by atoms with Crippen LogP contribution in [0.1, 0.15) is 5.69 Å². The Bertz CT molecular complexity index is 1090. The first-order valence-electron chi connectivity index (χ1n) is 8.51. The van der Waals surface area contributed by atoms with E-state index in [-0.39, 0.29) is 5.75 Å². The van der Waals surface area contributed by atoms with Gasteiger partial charge < -0.3 is 14.6 Å². The molecule has 4 rings (SSSR count). The number of methoxy groups -OCH3 is 2. The van der Waals surface area contributed by atoms with E-state index < -0.39 is 0 Å². The van der Waals surface area contributed by atoms with Gasteiger partial charge in [-0.2, -0.15) is 5.10 Å². The molecule has 0 atom stereocenters. The quantitative estimate of drug-likeness (QED) is 0.583. The third kappa shape index (κ3) is 3.00. The van der Waals surface area contributed by atoms with Crippen LogP contribution in [0, 0.1) is 0 Å². The summed E-state index contributed by atoms with van der Waals surface area (Å²) >= 11 is 0. The average molecular weight is 361 g/mol. The molecule has 0 fully saturated rings. The van der Waals surface area contributed by atoms with E-state index in [0.717, 1.165) is 22.5 Å². The third-order valence-electron chi connectivity index (χ3n) is 4.42. The van der Waals surface area contributed by atoms with Crippen LogP contribution >= 0.6 is 0 Å². The zero-order chi connectivity index (χ0) is 18.8. The van der Waals surface area contributed by atoms with Crippen molar-refractivity contribution >= 4 is 5.65 Å². The fourth-order valence-electron chi connectivity index (χ4n) is 3.19. The summed E-state index contributed by atoms with van der Waals surface area (Å²) in [7, 11) is 3.21. The second-order valence-electron chi connectivity index (χ2n) is 6.07. The van der Waals surface area contributed by atoms with Crippen molar-refractivity contribution in [3.8, 4) is 33.9 Å². The standard InChI is InChI=1S/C21H19N3O3/c1-26-13-17-20(14-6-4-3-5-7-14)21-22-11-10-18(24(21)23-17)16-9-8-15(27-2)12-19(16)25/h3-12,25H,13H2,1-2H3. The van der Waals surface area contributed by atoms with Gasteiger partial charge in [0.25, 0.3) is 0 Å². The summed E-state index contributed by atoms with van der Waals surface area (Å²) in [5, 5.41) is 15.2. The molecule has 6 nitrogen and oxygen atoms in total. The van der Waals surface area contributed by atoms with Gasteiger partial charge in [-0.25, -0.2) is 9.50 Å². The van der Waals surface area contributed by atoms with Crippen LogP contribution in [0.4, 0.5) is 0 Å². The van der Waals surface area contributed by atoms with E-state index >= 15 is 0 Å². The zero-order valence-corrected chi connectivity index (χ0v) is 15.1. The molecule has 136 valence electrons. The van der Waals surface area contributed by atoms with E-state index in [9.17, 15) is 5.11 Å². The molecule has 0 amide bonds. The lowest BCUT2D eigenvalue weighted by atomic mass is 10.1. The summed E-state index contributed by atoms with van der Waals surface area (Å²) in [5.74, 6) is 0.707. The van der Waals surface area contributed by atoms with Crippen LogP contribution in [0.2, 0.25) is 0 Å². The van der Waals surface area contributed by atoms with Crippen molar-refractivity contribution in [2.24, 2.45) is 0 Å². The van der Waals surface area contributed by atoms with Crippen molar-refractivity contribution in [1.82, 2.24) is 14.6 Å². The number of ether oxygens (including phenoxy) is 2. The van der Waals surface area contributed by atoms with Crippen molar-refractivity contribution in [2.75, 3.05) is 14.2 Å². The molecular weight excluding hydrogens is 342 g/mol. The molecule has 2 heterocycles. The van der Waals surface area contributed by atoms with Crippen LogP contribution in [0.25, 0.3) is 28.0 Å². The summed E-state index contributed by atoms with van der Waals surface area (Å²) in [6.07, 6.45) is 1.72. The maximum atomic E-state index is 10.5. The Hall–Kier alpha value is -3.38. The molecule has 2 aromatic carbocycles. The predicted octanol–water partition coefficient (Wildman–Crippen LogP) is 3.92. The summed E-state index contributed by atoms with van der Waals surface area (Å²) < 4.78 is 12.3. The Balaban J connectivity index is 1.97. The molecule has 1 N–H and O–H groups in total. The summed E-state index contributed by atoms with van der Waals surface area (Å²) in [5.41, 5.74) is 4.82. The van der Waals surface area contributed by atoms with Crippen molar-refractivity contribution in [1.29, 1.82) is 0 Å². The predicted molar refractivity (Wildman–Crippen MR) is 103 cm³/mol. The van der Waals surface area contributed by atoms with Gasteiger partial charge >= 0.3 is 0 Å². The highest BCUT2D eigenvalue weighted by molar-refractivity contribution is 5.82. The maximum absolute atomic E-state index is 10.5. The highest BCUT2D eigenvalue weighted by atomic mass is 16.5. The zero-order valence-electron chi connectivity index (χ0n) is 15.1. The number of fused-ring (bicyclic) bond motifs is 1. The minimum atomic E-state index is 0.118. The lowest BCUT2D eigenvalue weighted by Gasteiger charge is -2.09. The van der Waals surface area contributed by atoms with E-state index in [1.165, 1.54) is 0 Å². The molecule has 0 spiro atoms. The highest BCUT2D eigenvalue weighted by Gasteiger charge is 2.19. The van der Waals surface area contributed by atoms with E-state index in [1.54, 1.807) is 37.1 Å². The average Bonchev–Trinajstić information content (AvgIpc) is 3.07. The maximum Gasteiger partial charge on any atom is 0.163 e. The normalized spacial score (nSPS) is 11.0. The number of hydrogen-bond donors (Lipinski definition) is 1. The Morgan fingerprint density at radius 2 is 1.85 bits per heavy atom. The van der Waals surface area contributed by atoms with Crippen LogP contribution < -0.4 is 4.74 Å². The van der Waals surface area contributed by atoms with Crippen LogP contribution in [-0.4, -0.2) is 33.9 Å². The van der Waals surface area contributed by atoms with E-state index in [4.69, 9.17) is 14.6 Å². The Morgan fingerprint density at radius 1 is 1.04 bits per heavy atom. The first-order valence-corrected chi connectivity index (χ1v) is 8.51. The molecule has 0 aliphatic carbocycles. The molecule has 0 saturated heterocycles. The molecule has 0 saturated carbocycles. The van der Waals surface area contributed by atoms with E-state index in [1.807, 2.05) is 42.5 Å². The van der Waals surface area contributed by atoms with Crippen LogP contribution in [0.5, 0.6) is 11.5 Å². The fraction of sp³-hybridized carbons (Fsp3) is 0.143. The number of nitrogens with zero attached hydrogens (tertiary/aromatic N) is 3. The number of aromatic hydroxyl groups is 1. The smallest absolute Gasteiger partial charge is 0.163 e. The number of hydrogen-bond acceptors (Lipinski definition) is 5. The van der Waals surface area contributed by atoms with Crippen LogP contribution in [-0.2, 0) is 11.3 Å². The van der Waals surface area contributed by atoms with Crippen molar-refractivity contribution < 1.29 is 14.6 Å². The summed E-state index contributed by atoms with van der Waals surface area (Å²) in [4.78, 5) is 4.55. The van der Waals surface area contributed by atoms with Gasteiger partial charge in [0, 0.05) is 24.9 Å². The molecule has 0 aliphatic heterocycles. The van der Waals surface area contributed by atoms with E-state index in [0.29, 0.717) is 23.6 Å². The number of rotatable bonds is 5.